The molecule has 116 valence electrons. The summed E-state index contributed by atoms with van der Waals surface area (Å²) in [5.74, 6) is 0. The van der Waals surface area contributed by atoms with Gasteiger partial charge in [-0.05, 0) is 35.8 Å². The van der Waals surface area contributed by atoms with Crippen LogP contribution < -0.4 is 4.90 Å². The second-order valence-corrected chi connectivity index (χ2v) is 6.02. The second kappa shape index (κ2) is 7.15. The number of aromatic nitrogens is 1. The van der Waals surface area contributed by atoms with Crippen LogP contribution in [0.2, 0.25) is 0 Å². The van der Waals surface area contributed by atoms with Crippen molar-refractivity contribution in [1.29, 1.82) is 0 Å². The molecule has 1 aliphatic rings. The molecule has 0 aliphatic carbocycles. The fourth-order valence-corrected chi connectivity index (χ4v) is 3.31. The predicted octanol–water partition coefficient (Wildman–Crippen LogP) is 1.65. The van der Waals surface area contributed by atoms with Crippen LogP contribution in [-0.4, -0.2) is 59.2 Å². The Bertz CT molecular complexity index is 506. The van der Waals surface area contributed by atoms with Gasteiger partial charge in [-0.2, -0.15) is 0 Å². The number of hydrogen-bond donors (Lipinski definition) is 1. The summed E-state index contributed by atoms with van der Waals surface area (Å²) < 4.78 is 0.652. The van der Waals surface area contributed by atoms with E-state index in [9.17, 15) is 10.1 Å². The van der Waals surface area contributed by atoms with Crippen molar-refractivity contribution >= 4 is 27.3 Å². The van der Waals surface area contributed by atoms with Crippen molar-refractivity contribution in [3.8, 4) is 0 Å². The molecule has 2 rings (SSSR count). The van der Waals surface area contributed by atoms with Crippen LogP contribution in [0.4, 0.5) is 11.4 Å². The van der Waals surface area contributed by atoms with Gasteiger partial charge in [0.2, 0.25) is 0 Å². The van der Waals surface area contributed by atoms with Gasteiger partial charge in [0.05, 0.1) is 16.0 Å². The standard InChI is InChI=1S/C13H19BrN4O3/c1-16(6-7-19)10-2-4-17(5-3-10)13-11(14)8-15-9-12(13)18(20)21/h8-10,19H,2-7H2,1H3. The van der Waals surface area contributed by atoms with E-state index in [2.05, 4.69) is 25.8 Å². The molecule has 0 saturated carbocycles. The van der Waals surface area contributed by atoms with Crippen LogP contribution in [0.5, 0.6) is 0 Å². The summed E-state index contributed by atoms with van der Waals surface area (Å²) in [5, 5.41) is 20.1. The van der Waals surface area contributed by atoms with Gasteiger partial charge in [-0.15, -0.1) is 0 Å². The lowest BCUT2D eigenvalue weighted by atomic mass is 10.0. The van der Waals surface area contributed by atoms with Crippen LogP contribution in [0.25, 0.3) is 0 Å². The molecule has 7 nitrogen and oxygen atoms in total. The van der Waals surface area contributed by atoms with E-state index in [1.807, 2.05) is 11.9 Å². The van der Waals surface area contributed by atoms with Crippen molar-refractivity contribution in [2.75, 3.05) is 38.2 Å². The third-order valence-electron chi connectivity index (χ3n) is 3.91. The molecule has 0 radical (unpaired) electrons. The second-order valence-electron chi connectivity index (χ2n) is 5.17. The highest BCUT2D eigenvalue weighted by Crippen LogP contribution is 2.36. The molecule has 1 fully saturated rings. The Balaban J connectivity index is 2.11. The monoisotopic (exact) mass is 358 g/mol. The van der Waals surface area contributed by atoms with Crippen LogP contribution in [0.15, 0.2) is 16.9 Å². The molecule has 1 aromatic rings. The van der Waals surface area contributed by atoms with Gasteiger partial charge < -0.3 is 14.9 Å². The number of anilines is 1. The van der Waals surface area contributed by atoms with Crippen molar-refractivity contribution in [3.63, 3.8) is 0 Å². The number of likely N-dealkylation sites (N-methyl/N-ethyl adjacent to an activating group) is 1. The van der Waals surface area contributed by atoms with Crippen LogP contribution >= 0.6 is 15.9 Å². The van der Waals surface area contributed by atoms with Crippen LogP contribution in [0, 0.1) is 10.1 Å². The number of hydrogen-bond acceptors (Lipinski definition) is 6. The molecular formula is C13H19BrN4O3. The molecule has 0 aromatic carbocycles. The number of aliphatic hydroxyl groups excluding tert-OH is 1. The van der Waals surface area contributed by atoms with E-state index >= 15 is 0 Å². The molecular weight excluding hydrogens is 340 g/mol. The van der Waals surface area contributed by atoms with Crippen molar-refractivity contribution in [2.45, 2.75) is 18.9 Å². The molecule has 2 heterocycles. The van der Waals surface area contributed by atoms with Crippen molar-refractivity contribution < 1.29 is 10.0 Å². The molecule has 0 unspecified atom stereocenters. The zero-order valence-corrected chi connectivity index (χ0v) is 13.5. The van der Waals surface area contributed by atoms with Gasteiger partial charge >= 0.3 is 5.69 Å². The summed E-state index contributed by atoms with van der Waals surface area (Å²) in [6.45, 7) is 2.32. The first-order chi connectivity index (χ1) is 10.0. The van der Waals surface area contributed by atoms with E-state index in [4.69, 9.17) is 5.11 Å². The Morgan fingerprint density at radius 2 is 2.19 bits per heavy atom. The molecule has 1 aromatic heterocycles. The molecule has 1 aliphatic heterocycles. The lowest BCUT2D eigenvalue weighted by Gasteiger charge is -2.37. The summed E-state index contributed by atoms with van der Waals surface area (Å²) in [6.07, 6.45) is 4.72. The van der Waals surface area contributed by atoms with E-state index in [0.717, 1.165) is 25.9 Å². The van der Waals surface area contributed by atoms with E-state index in [0.29, 0.717) is 22.7 Å². The van der Waals surface area contributed by atoms with Gasteiger partial charge in [-0.1, -0.05) is 0 Å². The molecule has 1 N–H and O–H groups in total. The third-order valence-corrected chi connectivity index (χ3v) is 4.49. The highest BCUT2D eigenvalue weighted by Gasteiger charge is 2.28. The lowest BCUT2D eigenvalue weighted by Crippen LogP contribution is -2.44. The third kappa shape index (κ3) is 3.69. The van der Waals surface area contributed by atoms with E-state index in [1.165, 1.54) is 6.20 Å². The highest BCUT2D eigenvalue weighted by molar-refractivity contribution is 9.10. The summed E-state index contributed by atoms with van der Waals surface area (Å²) in [7, 11) is 2.00. The number of pyridine rings is 1. The maximum absolute atomic E-state index is 11.2. The van der Waals surface area contributed by atoms with E-state index in [-0.39, 0.29) is 12.3 Å². The van der Waals surface area contributed by atoms with Crippen LogP contribution in [0.1, 0.15) is 12.8 Å². The fraction of sp³-hybridized carbons (Fsp3) is 0.615. The number of halogens is 1. The number of rotatable bonds is 5. The molecule has 0 spiro atoms. The zero-order chi connectivity index (χ0) is 15.4. The van der Waals surface area contributed by atoms with Gasteiger partial charge in [0.15, 0.2) is 0 Å². The average molecular weight is 359 g/mol. The molecule has 0 bridgehead atoms. The largest absolute Gasteiger partial charge is 0.395 e. The fourth-order valence-electron chi connectivity index (χ4n) is 2.74. The molecule has 0 amide bonds. The minimum absolute atomic E-state index is 0.0338. The molecule has 8 heteroatoms. The van der Waals surface area contributed by atoms with Crippen molar-refractivity contribution in [2.24, 2.45) is 0 Å². The minimum atomic E-state index is -0.392. The normalized spacial score (nSPS) is 16.5. The highest BCUT2D eigenvalue weighted by atomic mass is 79.9. The smallest absolute Gasteiger partial charge is 0.311 e. The van der Waals surface area contributed by atoms with Crippen LogP contribution in [0.3, 0.4) is 0 Å². The lowest BCUT2D eigenvalue weighted by molar-refractivity contribution is -0.384. The van der Waals surface area contributed by atoms with Crippen LogP contribution in [-0.2, 0) is 0 Å². The first-order valence-electron chi connectivity index (χ1n) is 6.88. The Labute approximate surface area is 131 Å². The Hall–Kier alpha value is -1.25. The zero-order valence-electron chi connectivity index (χ0n) is 11.9. The molecule has 21 heavy (non-hydrogen) atoms. The minimum Gasteiger partial charge on any atom is -0.395 e. The number of aliphatic hydroxyl groups is 1. The summed E-state index contributed by atoms with van der Waals surface area (Å²) in [4.78, 5) is 18.8. The number of nitro groups is 1. The number of piperidine rings is 1. The van der Waals surface area contributed by atoms with Gasteiger partial charge in [-0.25, -0.2) is 0 Å². The van der Waals surface area contributed by atoms with E-state index < -0.39 is 4.92 Å². The SMILES string of the molecule is CN(CCO)C1CCN(c2c(Br)cncc2[N+](=O)[O-])CC1. The van der Waals surface area contributed by atoms with Gasteiger partial charge in [0, 0.05) is 31.9 Å². The Morgan fingerprint density at radius 3 is 2.76 bits per heavy atom. The van der Waals surface area contributed by atoms with Crippen molar-refractivity contribution in [1.82, 2.24) is 9.88 Å². The molecule has 1 saturated heterocycles. The quantitative estimate of drug-likeness (QED) is 0.636. The topological polar surface area (TPSA) is 82.7 Å². The van der Waals surface area contributed by atoms with E-state index in [1.54, 1.807) is 6.20 Å². The van der Waals surface area contributed by atoms with Crippen molar-refractivity contribution in [3.05, 3.63) is 27.0 Å². The van der Waals surface area contributed by atoms with Gasteiger partial charge in [0.25, 0.3) is 0 Å². The Morgan fingerprint density at radius 1 is 1.52 bits per heavy atom. The summed E-state index contributed by atoms with van der Waals surface area (Å²) in [6, 6.07) is 0.410. The predicted molar refractivity (Wildman–Crippen MR) is 83.5 cm³/mol. The average Bonchev–Trinajstić information content (AvgIpc) is 2.47. The summed E-state index contributed by atoms with van der Waals surface area (Å²) >= 11 is 3.37. The maximum atomic E-state index is 11.2. The Kier molecular flexibility index (Phi) is 5.49. The van der Waals surface area contributed by atoms with Gasteiger partial charge in [-0.3, -0.25) is 15.1 Å². The first-order valence-corrected chi connectivity index (χ1v) is 7.67. The number of nitrogens with zero attached hydrogens (tertiary/aromatic N) is 4. The first kappa shape index (κ1) is 16.1. The van der Waals surface area contributed by atoms with Gasteiger partial charge in [0.1, 0.15) is 11.9 Å². The molecule has 0 atom stereocenters. The maximum Gasteiger partial charge on any atom is 0.311 e. The summed E-state index contributed by atoms with van der Waals surface area (Å²) in [5.41, 5.74) is 0.643.